The van der Waals surface area contributed by atoms with E-state index in [4.69, 9.17) is 4.74 Å². The van der Waals surface area contributed by atoms with Crippen molar-refractivity contribution in [2.75, 3.05) is 14.2 Å². The van der Waals surface area contributed by atoms with E-state index in [-0.39, 0.29) is 11.7 Å². The first-order valence-corrected chi connectivity index (χ1v) is 6.99. The summed E-state index contributed by atoms with van der Waals surface area (Å²) in [6.07, 6.45) is 5.06. The number of phenolic OH excluding ortho intramolecular Hbond substituents is 1. The largest absolute Gasteiger partial charge is 0.504 e. The predicted molar refractivity (Wildman–Crippen MR) is 83.4 cm³/mol. The Kier molecular flexibility index (Phi) is 3.84. The van der Waals surface area contributed by atoms with Gasteiger partial charge in [0.15, 0.2) is 11.5 Å². The molecule has 1 N–H and O–H groups in total. The van der Waals surface area contributed by atoms with Crippen LogP contribution in [0.4, 0.5) is 0 Å². The molecule has 0 saturated carbocycles. The number of ether oxygens (including phenoxy) is 1. The van der Waals surface area contributed by atoms with Crippen molar-refractivity contribution >= 4 is 11.7 Å². The number of benzene rings is 1. The van der Waals surface area contributed by atoms with Gasteiger partial charge in [-0.3, -0.25) is 9.20 Å². The molecule has 0 unspecified atom stereocenters. The van der Waals surface area contributed by atoms with Crippen LogP contribution < -0.4 is 4.74 Å². The minimum absolute atomic E-state index is 0.0442. The summed E-state index contributed by atoms with van der Waals surface area (Å²) < 4.78 is 6.70. The lowest BCUT2D eigenvalue weighted by molar-refractivity contribution is 0.0780. The second-order valence-electron chi connectivity index (χ2n) is 5.12. The number of nitrogens with zero attached hydrogens (tertiary/aromatic N) is 4. The van der Waals surface area contributed by atoms with E-state index in [1.165, 1.54) is 12.0 Å². The Bertz CT molecular complexity index is 826. The van der Waals surface area contributed by atoms with Gasteiger partial charge in [-0.25, -0.2) is 9.97 Å². The first kappa shape index (κ1) is 14.8. The molecule has 7 heteroatoms. The van der Waals surface area contributed by atoms with Gasteiger partial charge in [-0.2, -0.15) is 0 Å². The van der Waals surface area contributed by atoms with Gasteiger partial charge in [0.05, 0.1) is 7.11 Å². The molecule has 118 valence electrons. The molecule has 2 heterocycles. The number of aromatic hydroxyl groups is 1. The molecule has 7 nitrogen and oxygen atoms in total. The molecule has 0 saturated heterocycles. The molecule has 3 rings (SSSR count). The minimum Gasteiger partial charge on any atom is -0.504 e. The normalized spacial score (nSPS) is 10.7. The van der Waals surface area contributed by atoms with E-state index in [1.54, 1.807) is 54.3 Å². The molecule has 0 aliphatic heterocycles. The van der Waals surface area contributed by atoms with Crippen LogP contribution in [0.25, 0.3) is 5.78 Å². The van der Waals surface area contributed by atoms with E-state index >= 15 is 0 Å². The van der Waals surface area contributed by atoms with Gasteiger partial charge in [0.25, 0.3) is 5.91 Å². The highest BCUT2D eigenvalue weighted by molar-refractivity contribution is 5.92. The second-order valence-corrected chi connectivity index (χ2v) is 5.12. The quantitative estimate of drug-likeness (QED) is 0.793. The van der Waals surface area contributed by atoms with Gasteiger partial charge in [0.2, 0.25) is 5.78 Å². The monoisotopic (exact) mass is 312 g/mol. The molecule has 0 bridgehead atoms. The number of carbonyl (C=O) groups is 1. The third kappa shape index (κ3) is 2.94. The standard InChI is InChI=1S/C16H16N4O3/c1-19(9-11-4-5-14(23-2)13(21)8-11)15(22)12-10-20-7-3-6-17-16(20)18-12/h3-8,10,21H,9H2,1-2H3. The van der Waals surface area contributed by atoms with Gasteiger partial charge in [-0.05, 0) is 23.8 Å². The lowest BCUT2D eigenvalue weighted by Gasteiger charge is -2.16. The Morgan fingerprint density at radius 3 is 2.96 bits per heavy atom. The van der Waals surface area contributed by atoms with Crippen molar-refractivity contribution in [3.05, 3.63) is 54.1 Å². The number of hydrogen-bond acceptors (Lipinski definition) is 5. The summed E-state index contributed by atoms with van der Waals surface area (Å²) in [5, 5.41) is 9.80. The van der Waals surface area contributed by atoms with E-state index in [0.29, 0.717) is 23.8 Å². The predicted octanol–water partition coefficient (Wildman–Crippen LogP) is 1.72. The topological polar surface area (TPSA) is 80.0 Å². The van der Waals surface area contributed by atoms with E-state index in [2.05, 4.69) is 9.97 Å². The third-order valence-electron chi connectivity index (χ3n) is 3.46. The van der Waals surface area contributed by atoms with E-state index < -0.39 is 0 Å². The fourth-order valence-corrected chi connectivity index (χ4v) is 2.31. The Morgan fingerprint density at radius 1 is 1.43 bits per heavy atom. The summed E-state index contributed by atoms with van der Waals surface area (Å²) >= 11 is 0. The first-order valence-electron chi connectivity index (χ1n) is 6.99. The van der Waals surface area contributed by atoms with Crippen molar-refractivity contribution in [3.8, 4) is 11.5 Å². The van der Waals surface area contributed by atoms with Crippen molar-refractivity contribution < 1.29 is 14.6 Å². The lowest BCUT2D eigenvalue weighted by atomic mass is 10.2. The van der Waals surface area contributed by atoms with Crippen LogP contribution in [-0.4, -0.2) is 44.4 Å². The SMILES string of the molecule is COc1ccc(CN(C)C(=O)c2cn3cccnc3n2)cc1O. The van der Waals surface area contributed by atoms with Crippen molar-refractivity contribution in [2.45, 2.75) is 6.54 Å². The number of carbonyl (C=O) groups excluding carboxylic acids is 1. The number of phenols is 1. The molecule has 0 aliphatic rings. The molecule has 0 spiro atoms. The van der Waals surface area contributed by atoms with Crippen LogP contribution >= 0.6 is 0 Å². The van der Waals surface area contributed by atoms with E-state index in [1.807, 2.05) is 0 Å². The third-order valence-corrected chi connectivity index (χ3v) is 3.46. The smallest absolute Gasteiger partial charge is 0.274 e. The van der Waals surface area contributed by atoms with Crippen LogP contribution in [0.15, 0.2) is 42.9 Å². The summed E-state index contributed by atoms with van der Waals surface area (Å²) in [6.45, 7) is 0.345. The van der Waals surface area contributed by atoms with Gasteiger partial charge in [0, 0.05) is 32.2 Å². The fourth-order valence-electron chi connectivity index (χ4n) is 2.31. The van der Waals surface area contributed by atoms with Gasteiger partial charge < -0.3 is 14.7 Å². The highest BCUT2D eigenvalue weighted by atomic mass is 16.5. The van der Waals surface area contributed by atoms with E-state index in [9.17, 15) is 9.90 Å². The Hall–Kier alpha value is -3.09. The summed E-state index contributed by atoms with van der Waals surface area (Å²) in [7, 11) is 3.17. The lowest BCUT2D eigenvalue weighted by Crippen LogP contribution is -2.26. The maximum Gasteiger partial charge on any atom is 0.274 e. The van der Waals surface area contributed by atoms with Crippen molar-refractivity contribution in [1.82, 2.24) is 19.3 Å². The first-order chi connectivity index (χ1) is 11.1. The van der Waals surface area contributed by atoms with Crippen LogP contribution in [0, 0.1) is 0 Å². The Labute approximate surface area is 132 Å². The summed E-state index contributed by atoms with van der Waals surface area (Å²) in [4.78, 5) is 22.3. The van der Waals surface area contributed by atoms with Crippen molar-refractivity contribution in [2.24, 2.45) is 0 Å². The number of methoxy groups -OCH3 is 1. The van der Waals surface area contributed by atoms with Crippen LogP contribution in [0.2, 0.25) is 0 Å². The zero-order valence-electron chi connectivity index (χ0n) is 12.8. The van der Waals surface area contributed by atoms with Gasteiger partial charge in [-0.1, -0.05) is 6.07 Å². The van der Waals surface area contributed by atoms with Gasteiger partial charge in [-0.15, -0.1) is 0 Å². The minimum atomic E-state index is -0.217. The van der Waals surface area contributed by atoms with Crippen LogP contribution in [0.5, 0.6) is 11.5 Å². The molecule has 3 aromatic rings. The van der Waals surface area contributed by atoms with Crippen LogP contribution in [0.1, 0.15) is 16.1 Å². The number of imidazole rings is 1. The molecule has 0 atom stereocenters. The maximum atomic E-state index is 12.5. The number of rotatable bonds is 4. The molecular formula is C16H16N4O3. The summed E-state index contributed by atoms with van der Waals surface area (Å²) in [6, 6.07) is 6.81. The zero-order valence-corrected chi connectivity index (χ0v) is 12.8. The molecule has 2 aromatic heterocycles. The zero-order chi connectivity index (χ0) is 16.4. The second kappa shape index (κ2) is 5.96. The van der Waals surface area contributed by atoms with Crippen LogP contribution in [-0.2, 0) is 6.54 Å². The highest BCUT2D eigenvalue weighted by Crippen LogP contribution is 2.26. The van der Waals surface area contributed by atoms with E-state index in [0.717, 1.165) is 5.56 Å². The van der Waals surface area contributed by atoms with Gasteiger partial charge >= 0.3 is 0 Å². The molecule has 0 radical (unpaired) electrons. The maximum absolute atomic E-state index is 12.5. The van der Waals surface area contributed by atoms with Crippen molar-refractivity contribution in [3.63, 3.8) is 0 Å². The number of fused-ring (bicyclic) bond motifs is 1. The molecule has 0 aliphatic carbocycles. The molecule has 1 aromatic carbocycles. The Morgan fingerprint density at radius 2 is 2.26 bits per heavy atom. The average Bonchev–Trinajstić information content (AvgIpc) is 2.98. The molecule has 23 heavy (non-hydrogen) atoms. The number of amides is 1. The fraction of sp³-hybridized carbons (Fsp3) is 0.188. The summed E-state index contributed by atoms with van der Waals surface area (Å²) in [5.41, 5.74) is 1.12. The summed E-state index contributed by atoms with van der Waals surface area (Å²) in [5.74, 6) is 0.703. The number of aromatic nitrogens is 3. The Balaban J connectivity index is 1.78. The molecular weight excluding hydrogens is 296 g/mol. The van der Waals surface area contributed by atoms with Gasteiger partial charge in [0.1, 0.15) is 5.69 Å². The molecule has 1 amide bonds. The van der Waals surface area contributed by atoms with Crippen molar-refractivity contribution in [1.29, 1.82) is 0 Å². The average molecular weight is 312 g/mol. The number of hydrogen-bond donors (Lipinski definition) is 1. The van der Waals surface area contributed by atoms with Crippen LogP contribution in [0.3, 0.4) is 0 Å². The molecule has 0 fully saturated rings. The highest BCUT2D eigenvalue weighted by Gasteiger charge is 2.16.